The Hall–Kier alpha value is -2.52. The SMILES string of the molecule is O=C(NC(CN1CCOCC1)c1ccccc1)C1CCN(S(=O)(=O)/C=C/c2ccccc2)CC1. The number of amides is 1. The number of hydrogen-bond donors (Lipinski definition) is 1. The van der Waals surface area contributed by atoms with Crippen molar-refractivity contribution >= 4 is 22.0 Å². The van der Waals surface area contributed by atoms with Crippen molar-refractivity contribution in [3.05, 3.63) is 77.2 Å². The maximum Gasteiger partial charge on any atom is 0.236 e. The van der Waals surface area contributed by atoms with Gasteiger partial charge in [-0.15, -0.1) is 0 Å². The third kappa shape index (κ3) is 6.76. The molecule has 0 aromatic heterocycles. The Kier molecular flexibility index (Phi) is 8.50. The highest BCUT2D eigenvalue weighted by molar-refractivity contribution is 7.92. The van der Waals surface area contributed by atoms with Crippen molar-refractivity contribution in [1.29, 1.82) is 0 Å². The lowest BCUT2D eigenvalue weighted by molar-refractivity contribution is -0.127. The number of sulfonamides is 1. The van der Waals surface area contributed by atoms with Crippen molar-refractivity contribution in [3.8, 4) is 0 Å². The van der Waals surface area contributed by atoms with Crippen molar-refractivity contribution in [1.82, 2.24) is 14.5 Å². The van der Waals surface area contributed by atoms with Crippen molar-refractivity contribution in [2.45, 2.75) is 18.9 Å². The number of hydrogen-bond acceptors (Lipinski definition) is 5. The van der Waals surface area contributed by atoms with Gasteiger partial charge in [-0.25, -0.2) is 8.42 Å². The molecule has 1 N–H and O–H groups in total. The van der Waals surface area contributed by atoms with Gasteiger partial charge in [-0.05, 0) is 30.0 Å². The first-order chi connectivity index (χ1) is 16.5. The second-order valence-electron chi connectivity index (χ2n) is 8.82. The molecule has 8 heteroatoms. The van der Waals surface area contributed by atoms with E-state index in [1.54, 1.807) is 6.08 Å². The predicted octanol–water partition coefficient (Wildman–Crippen LogP) is 2.89. The molecule has 2 aromatic carbocycles. The fraction of sp³-hybridized carbons (Fsp3) is 0.423. The number of nitrogens with zero attached hydrogens (tertiary/aromatic N) is 2. The molecule has 1 atom stereocenters. The van der Waals surface area contributed by atoms with Crippen LogP contribution in [0.2, 0.25) is 0 Å². The average Bonchev–Trinajstić information content (AvgIpc) is 2.89. The van der Waals surface area contributed by atoms with E-state index in [2.05, 4.69) is 10.2 Å². The maximum atomic E-state index is 13.2. The van der Waals surface area contributed by atoms with E-state index >= 15 is 0 Å². The zero-order valence-corrected chi connectivity index (χ0v) is 20.2. The minimum Gasteiger partial charge on any atom is -0.379 e. The van der Waals surface area contributed by atoms with Crippen LogP contribution in [0.1, 0.15) is 30.0 Å². The third-order valence-electron chi connectivity index (χ3n) is 6.48. The van der Waals surface area contributed by atoms with Crippen LogP contribution in [0.3, 0.4) is 0 Å². The Morgan fingerprint density at radius 1 is 0.971 bits per heavy atom. The Morgan fingerprint density at radius 3 is 2.24 bits per heavy atom. The van der Waals surface area contributed by atoms with Crippen molar-refractivity contribution in [2.75, 3.05) is 45.9 Å². The van der Waals surface area contributed by atoms with Crippen LogP contribution in [0, 0.1) is 5.92 Å². The van der Waals surface area contributed by atoms with Gasteiger partial charge in [0.15, 0.2) is 0 Å². The zero-order chi connectivity index (χ0) is 23.8. The Bertz CT molecular complexity index is 1050. The van der Waals surface area contributed by atoms with Crippen LogP contribution in [0.25, 0.3) is 6.08 Å². The normalized spacial score (nSPS) is 19.8. The Balaban J connectivity index is 1.34. The number of nitrogens with one attached hydrogen (secondary N) is 1. The highest BCUT2D eigenvalue weighted by atomic mass is 32.2. The summed E-state index contributed by atoms with van der Waals surface area (Å²) in [5.41, 5.74) is 1.92. The van der Waals surface area contributed by atoms with Crippen molar-refractivity contribution < 1.29 is 17.9 Å². The summed E-state index contributed by atoms with van der Waals surface area (Å²) in [6, 6.07) is 19.3. The van der Waals surface area contributed by atoms with Gasteiger partial charge in [0.25, 0.3) is 0 Å². The molecule has 2 aliphatic rings. The first-order valence-corrected chi connectivity index (χ1v) is 13.4. The lowest BCUT2D eigenvalue weighted by Crippen LogP contribution is -2.46. The number of benzene rings is 2. The first kappa shape index (κ1) is 24.6. The molecule has 34 heavy (non-hydrogen) atoms. The molecule has 182 valence electrons. The molecule has 0 bridgehead atoms. The molecule has 0 saturated carbocycles. The molecule has 4 rings (SSSR count). The van der Waals surface area contributed by atoms with Gasteiger partial charge in [-0.2, -0.15) is 4.31 Å². The number of morpholine rings is 1. The van der Waals surface area contributed by atoms with Gasteiger partial charge in [-0.3, -0.25) is 9.69 Å². The van der Waals surface area contributed by atoms with Crippen LogP contribution in [-0.4, -0.2) is 69.5 Å². The summed E-state index contributed by atoms with van der Waals surface area (Å²) < 4.78 is 32.4. The summed E-state index contributed by atoms with van der Waals surface area (Å²) in [6.45, 7) is 4.55. The fourth-order valence-corrected chi connectivity index (χ4v) is 5.66. The molecule has 2 aliphatic heterocycles. The van der Waals surface area contributed by atoms with Crippen LogP contribution in [0.5, 0.6) is 0 Å². The largest absolute Gasteiger partial charge is 0.379 e. The van der Waals surface area contributed by atoms with Gasteiger partial charge in [-0.1, -0.05) is 60.7 Å². The van der Waals surface area contributed by atoms with E-state index in [-0.39, 0.29) is 17.9 Å². The molecule has 7 nitrogen and oxygen atoms in total. The molecule has 2 fully saturated rings. The Morgan fingerprint density at radius 2 is 1.59 bits per heavy atom. The predicted molar refractivity (Wildman–Crippen MR) is 133 cm³/mol. The van der Waals surface area contributed by atoms with E-state index in [1.807, 2.05) is 60.7 Å². The second kappa shape index (κ2) is 11.8. The lowest BCUT2D eigenvalue weighted by atomic mass is 9.96. The van der Waals surface area contributed by atoms with Crippen LogP contribution in [0.4, 0.5) is 0 Å². The van der Waals surface area contributed by atoms with Gasteiger partial charge in [0.2, 0.25) is 15.9 Å². The smallest absolute Gasteiger partial charge is 0.236 e. The quantitative estimate of drug-likeness (QED) is 0.625. The number of carbonyl (C=O) groups is 1. The number of ether oxygens (including phenoxy) is 1. The van der Waals surface area contributed by atoms with Gasteiger partial charge < -0.3 is 10.1 Å². The molecule has 0 aliphatic carbocycles. The molecular formula is C26H33N3O4S. The fourth-order valence-electron chi connectivity index (χ4n) is 4.44. The van der Waals surface area contributed by atoms with Gasteiger partial charge in [0, 0.05) is 44.0 Å². The molecule has 2 saturated heterocycles. The summed E-state index contributed by atoms with van der Waals surface area (Å²) in [6.07, 6.45) is 2.65. The van der Waals surface area contributed by atoms with E-state index in [9.17, 15) is 13.2 Å². The summed E-state index contributed by atoms with van der Waals surface area (Å²) in [4.78, 5) is 15.5. The third-order valence-corrected chi connectivity index (χ3v) is 8.04. The van der Waals surface area contributed by atoms with E-state index in [0.29, 0.717) is 39.1 Å². The molecule has 0 radical (unpaired) electrons. The highest BCUT2D eigenvalue weighted by Gasteiger charge is 2.31. The molecular weight excluding hydrogens is 450 g/mol. The van der Waals surface area contributed by atoms with Gasteiger partial charge in [0.1, 0.15) is 0 Å². The summed E-state index contributed by atoms with van der Waals surface area (Å²) in [5.74, 6) is -0.195. The number of carbonyl (C=O) groups excluding carboxylic acids is 1. The molecule has 2 heterocycles. The lowest BCUT2D eigenvalue weighted by Gasteiger charge is -2.33. The average molecular weight is 484 g/mol. The monoisotopic (exact) mass is 483 g/mol. The molecule has 1 amide bonds. The van der Waals surface area contributed by atoms with E-state index in [0.717, 1.165) is 30.8 Å². The van der Waals surface area contributed by atoms with Crippen molar-refractivity contribution in [3.63, 3.8) is 0 Å². The number of rotatable bonds is 8. The van der Waals surface area contributed by atoms with Crippen LogP contribution >= 0.6 is 0 Å². The highest BCUT2D eigenvalue weighted by Crippen LogP contribution is 2.23. The molecule has 0 spiro atoms. The van der Waals surface area contributed by atoms with Crippen LogP contribution < -0.4 is 5.32 Å². The molecule has 2 aromatic rings. The minimum absolute atomic E-state index is 0.000937. The standard InChI is InChI=1S/C26H33N3O4S/c30-26(27-25(23-9-5-2-6-10-23)21-28-16-18-33-19-17-28)24-11-14-29(15-12-24)34(31,32)20-13-22-7-3-1-4-8-22/h1-10,13,20,24-25H,11-12,14-19,21H2,(H,27,30)/b20-13+. The minimum atomic E-state index is -3.51. The number of piperidine rings is 1. The topological polar surface area (TPSA) is 79.0 Å². The maximum absolute atomic E-state index is 13.2. The van der Waals surface area contributed by atoms with Crippen LogP contribution in [0.15, 0.2) is 66.1 Å². The summed E-state index contributed by atoms with van der Waals surface area (Å²) >= 11 is 0. The Labute approximate surface area is 202 Å². The van der Waals surface area contributed by atoms with Crippen molar-refractivity contribution in [2.24, 2.45) is 5.92 Å². The van der Waals surface area contributed by atoms with Gasteiger partial charge in [0.05, 0.1) is 19.3 Å². The second-order valence-corrected chi connectivity index (χ2v) is 10.6. The van der Waals surface area contributed by atoms with E-state index in [4.69, 9.17) is 4.74 Å². The first-order valence-electron chi connectivity index (χ1n) is 11.9. The summed E-state index contributed by atoms with van der Waals surface area (Å²) in [7, 11) is -3.51. The molecule has 1 unspecified atom stereocenters. The summed E-state index contributed by atoms with van der Waals surface area (Å²) in [5, 5.41) is 4.51. The zero-order valence-electron chi connectivity index (χ0n) is 19.4. The van der Waals surface area contributed by atoms with Crippen LogP contribution in [-0.2, 0) is 19.6 Å². The van der Waals surface area contributed by atoms with E-state index < -0.39 is 10.0 Å². The van der Waals surface area contributed by atoms with E-state index in [1.165, 1.54) is 9.71 Å². The van der Waals surface area contributed by atoms with Gasteiger partial charge >= 0.3 is 0 Å².